The zero-order chi connectivity index (χ0) is 13.2. The highest BCUT2D eigenvalue weighted by atomic mass is 79.9. The lowest BCUT2D eigenvalue weighted by molar-refractivity contribution is 0.351. The van der Waals surface area contributed by atoms with Crippen molar-refractivity contribution in [2.24, 2.45) is 0 Å². The van der Waals surface area contributed by atoms with E-state index in [-0.39, 0.29) is 0 Å². The zero-order valence-corrected chi connectivity index (χ0v) is 13.1. The molecule has 2 heterocycles. The third kappa shape index (κ3) is 2.83. The Morgan fingerprint density at radius 1 is 1.53 bits per heavy atom. The molecular formula is C14H15BrN2OS. The molecule has 1 aromatic carbocycles. The lowest BCUT2D eigenvalue weighted by Gasteiger charge is -2.14. The minimum Gasteiger partial charge on any atom is -0.493 e. The average Bonchev–Trinajstić information content (AvgIpc) is 3.05. The summed E-state index contributed by atoms with van der Waals surface area (Å²) in [4.78, 5) is 5.37. The molecule has 1 unspecified atom stereocenters. The SMILES string of the molecule is CC(NCc1cc(Br)cc2c1OCC2)c1cncs1. The highest BCUT2D eigenvalue weighted by molar-refractivity contribution is 9.10. The number of benzene rings is 1. The molecule has 1 aliphatic heterocycles. The first-order chi connectivity index (χ1) is 9.24. The fourth-order valence-corrected chi connectivity index (χ4v) is 3.49. The summed E-state index contributed by atoms with van der Waals surface area (Å²) in [6.45, 7) is 3.76. The normalized spacial score (nSPS) is 15.1. The molecule has 0 spiro atoms. The number of rotatable bonds is 4. The lowest BCUT2D eigenvalue weighted by Crippen LogP contribution is -2.17. The second-order valence-corrected chi connectivity index (χ2v) is 6.49. The van der Waals surface area contributed by atoms with E-state index in [1.807, 2.05) is 11.7 Å². The summed E-state index contributed by atoms with van der Waals surface area (Å²) in [6.07, 6.45) is 2.93. The predicted octanol–water partition coefficient (Wildman–Crippen LogP) is 3.69. The van der Waals surface area contributed by atoms with Gasteiger partial charge in [0, 0.05) is 40.1 Å². The van der Waals surface area contributed by atoms with Crippen LogP contribution < -0.4 is 10.1 Å². The largest absolute Gasteiger partial charge is 0.493 e. The van der Waals surface area contributed by atoms with Crippen LogP contribution in [0.25, 0.3) is 0 Å². The molecule has 1 aliphatic rings. The molecule has 0 aliphatic carbocycles. The summed E-state index contributed by atoms with van der Waals surface area (Å²) in [5.41, 5.74) is 4.39. The van der Waals surface area contributed by atoms with Gasteiger partial charge < -0.3 is 10.1 Å². The second kappa shape index (κ2) is 5.61. The van der Waals surface area contributed by atoms with Gasteiger partial charge in [-0.15, -0.1) is 11.3 Å². The Bertz CT molecular complexity index is 571. The molecule has 1 atom stereocenters. The monoisotopic (exact) mass is 338 g/mol. The van der Waals surface area contributed by atoms with Crippen LogP contribution in [0.3, 0.4) is 0 Å². The van der Waals surface area contributed by atoms with E-state index in [2.05, 4.69) is 45.3 Å². The number of fused-ring (bicyclic) bond motifs is 1. The minimum absolute atomic E-state index is 0.309. The van der Waals surface area contributed by atoms with Gasteiger partial charge in [-0.05, 0) is 24.6 Å². The van der Waals surface area contributed by atoms with Crippen molar-refractivity contribution >= 4 is 27.3 Å². The third-order valence-corrected chi connectivity index (χ3v) is 4.72. The Morgan fingerprint density at radius 2 is 2.42 bits per heavy atom. The maximum Gasteiger partial charge on any atom is 0.127 e. The quantitative estimate of drug-likeness (QED) is 0.922. The molecule has 0 saturated carbocycles. The molecule has 0 saturated heterocycles. The third-order valence-electron chi connectivity index (χ3n) is 3.30. The summed E-state index contributed by atoms with van der Waals surface area (Å²) in [5.74, 6) is 1.06. The van der Waals surface area contributed by atoms with Crippen molar-refractivity contribution < 1.29 is 4.74 Å². The van der Waals surface area contributed by atoms with Gasteiger partial charge in [-0.25, -0.2) is 0 Å². The van der Waals surface area contributed by atoms with E-state index in [0.29, 0.717) is 6.04 Å². The standard InChI is InChI=1S/C14H15BrN2OS/c1-9(13-7-16-8-19-13)17-6-11-5-12(15)4-10-2-3-18-14(10)11/h4-5,7-9,17H,2-3,6H2,1H3. The molecule has 1 aromatic heterocycles. The highest BCUT2D eigenvalue weighted by Crippen LogP contribution is 2.33. The lowest BCUT2D eigenvalue weighted by atomic mass is 10.1. The van der Waals surface area contributed by atoms with Gasteiger partial charge in [-0.1, -0.05) is 15.9 Å². The number of nitrogens with one attached hydrogen (secondary N) is 1. The van der Waals surface area contributed by atoms with Gasteiger partial charge in [0.1, 0.15) is 5.75 Å². The Balaban J connectivity index is 1.74. The van der Waals surface area contributed by atoms with Gasteiger partial charge in [0.25, 0.3) is 0 Å². The molecule has 3 nitrogen and oxygen atoms in total. The average molecular weight is 339 g/mol. The molecule has 0 fully saturated rings. The van der Waals surface area contributed by atoms with Crippen LogP contribution in [0.1, 0.15) is 29.0 Å². The number of hydrogen-bond acceptors (Lipinski definition) is 4. The molecule has 19 heavy (non-hydrogen) atoms. The first-order valence-electron chi connectivity index (χ1n) is 6.30. The molecule has 0 radical (unpaired) electrons. The van der Waals surface area contributed by atoms with Crippen molar-refractivity contribution in [3.05, 3.63) is 44.3 Å². The number of halogens is 1. The van der Waals surface area contributed by atoms with E-state index in [4.69, 9.17) is 4.74 Å². The van der Waals surface area contributed by atoms with Crippen molar-refractivity contribution in [3.8, 4) is 5.75 Å². The predicted molar refractivity (Wildman–Crippen MR) is 80.7 cm³/mol. The van der Waals surface area contributed by atoms with Gasteiger partial charge in [-0.2, -0.15) is 0 Å². The van der Waals surface area contributed by atoms with Crippen molar-refractivity contribution in [2.45, 2.75) is 25.9 Å². The van der Waals surface area contributed by atoms with Crippen LogP contribution >= 0.6 is 27.3 Å². The highest BCUT2D eigenvalue weighted by Gasteiger charge is 2.18. The number of aromatic nitrogens is 1. The molecule has 3 rings (SSSR count). The van der Waals surface area contributed by atoms with E-state index in [1.165, 1.54) is 16.0 Å². The molecule has 5 heteroatoms. The van der Waals surface area contributed by atoms with Crippen LogP contribution in [-0.4, -0.2) is 11.6 Å². The number of thiazole rings is 1. The maximum atomic E-state index is 5.74. The van der Waals surface area contributed by atoms with E-state index >= 15 is 0 Å². The summed E-state index contributed by atoms with van der Waals surface area (Å²) < 4.78 is 6.86. The van der Waals surface area contributed by atoms with Crippen molar-refractivity contribution in [1.29, 1.82) is 0 Å². The van der Waals surface area contributed by atoms with Crippen molar-refractivity contribution in [3.63, 3.8) is 0 Å². The Kier molecular flexibility index (Phi) is 3.86. The summed E-state index contributed by atoms with van der Waals surface area (Å²) in [5, 5.41) is 3.53. The van der Waals surface area contributed by atoms with Crippen molar-refractivity contribution in [1.82, 2.24) is 10.3 Å². The van der Waals surface area contributed by atoms with Crippen LogP contribution in [0.5, 0.6) is 5.75 Å². The molecule has 0 bridgehead atoms. The van der Waals surface area contributed by atoms with Crippen LogP contribution in [0.4, 0.5) is 0 Å². The van der Waals surface area contributed by atoms with E-state index < -0.39 is 0 Å². The van der Waals surface area contributed by atoms with Gasteiger partial charge in [-0.3, -0.25) is 4.98 Å². The van der Waals surface area contributed by atoms with E-state index in [1.54, 1.807) is 11.3 Å². The van der Waals surface area contributed by atoms with Crippen LogP contribution in [0.2, 0.25) is 0 Å². The number of ether oxygens (including phenoxy) is 1. The summed E-state index contributed by atoms with van der Waals surface area (Å²) in [7, 11) is 0. The van der Waals surface area contributed by atoms with E-state index in [9.17, 15) is 0 Å². The van der Waals surface area contributed by atoms with Crippen LogP contribution in [0.15, 0.2) is 28.3 Å². The fraction of sp³-hybridized carbons (Fsp3) is 0.357. The molecule has 2 aromatic rings. The van der Waals surface area contributed by atoms with Gasteiger partial charge in [0.05, 0.1) is 12.1 Å². The molecule has 0 amide bonds. The maximum absolute atomic E-state index is 5.74. The smallest absolute Gasteiger partial charge is 0.127 e. The molecular weight excluding hydrogens is 324 g/mol. The fourth-order valence-electron chi connectivity index (χ4n) is 2.28. The summed E-state index contributed by atoms with van der Waals surface area (Å²) in [6, 6.07) is 4.60. The van der Waals surface area contributed by atoms with Crippen LogP contribution in [0, 0.1) is 0 Å². The Hall–Kier alpha value is -0.910. The van der Waals surface area contributed by atoms with Gasteiger partial charge in [0.2, 0.25) is 0 Å². The first kappa shape index (κ1) is 13.1. The summed E-state index contributed by atoms with van der Waals surface area (Å²) >= 11 is 5.25. The van der Waals surface area contributed by atoms with Crippen LogP contribution in [-0.2, 0) is 13.0 Å². The zero-order valence-electron chi connectivity index (χ0n) is 10.6. The first-order valence-corrected chi connectivity index (χ1v) is 7.97. The van der Waals surface area contributed by atoms with Crippen molar-refractivity contribution in [2.75, 3.05) is 6.61 Å². The minimum atomic E-state index is 0.309. The van der Waals surface area contributed by atoms with Gasteiger partial charge >= 0.3 is 0 Å². The Labute approximate surface area is 125 Å². The Morgan fingerprint density at radius 3 is 3.21 bits per heavy atom. The van der Waals surface area contributed by atoms with E-state index in [0.717, 1.165) is 29.8 Å². The second-order valence-electron chi connectivity index (χ2n) is 4.66. The number of nitrogens with zero attached hydrogens (tertiary/aromatic N) is 1. The van der Waals surface area contributed by atoms with Gasteiger partial charge in [0.15, 0.2) is 0 Å². The number of hydrogen-bond donors (Lipinski definition) is 1. The molecule has 1 N–H and O–H groups in total. The topological polar surface area (TPSA) is 34.1 Å². The molecule has 100 valence electrons.